The van der Waals surface area contributed by atoms with Crippen molar-refractivity contribution < 1.29 is 10.1 Å². The van der Waals surface area contributed by atoms with Gasteiger partial charge in [0.2, 0.25) is 6.54 Å². The van der Waals surface area contributed by atoms with Crippen LogP contribution in [0.3, 0.4) is 0 Å². The van der Waals surface area contributed by atoms with E-state index < -0.39 is 10.6 Å². The fraction of sp³-hybridized carbons (Fsp3) is 0.857. The first-order chi connectivity index (χ1) is 6.07. The summed E-state index contributed by atoms with van der Waals surface area (Å²) in [6.07, 6.45) is 0.604. The summed E-state index contributed by atoms with van der Waals surface area (Å²) in [6.45, 7) is 7.10. The molecule has 0 unspecified atom stereocenters. The van der Waals surface area contributed by atoms with Crippen molar-refractivity contribution in [3.05, 3.63) is 21.5 Å². The SMILES string of the molecule is [C-]#[N+]CC1(O)CCN([N+](=O)[O-])CC1. The van der Waals surface area contributed by atoms with Gasteiger partial charge in [-0.15, -0.1) is 5.01 Å². The number of hydrogen-bond acceptors (Lipinski definition) is 3. The Labute approximate surface area is 75.7 Å². The number of hydrogen-bond donors (Lipinski definition) is 1. The maximum absolute atomic E-state index is 10.3. The summed E-state index contributed by atoms with van der Waals surface area (Å²) in [5, 5.41) is 20.6. The van der Waals surface area contributed by atoms with Gasteiger partial charge in [-0.1, -0.05) is 0 Å². The van der Waals surface area contributed by atoms with E-state index in [4.69, 9.17) is 6.57 Å². The molecule has 0 atom stereocenters. The molecule has 0 aromatic rings. The zero-order chi connectivity index (χ0) is 9.90. The van der Waals surface area contributed by atoms with Crippen molar-refractivity contribution in [1.82, 2.24) is 5.01 Å². The minimum absolute atomic E-state index is 0.0402. The quantitative estimate of drug-likeness (QED) is 0.371. The van der Waals surface area contributed by atoms with E-state index >= 15 is 0 Å². The van der Waals surface area contributed by atoms with Crippen LogP contribution in [0.2, 0.25) is 0 Å². The van der Waals surface area contributed by atoms with Crippen molar-refractivity contribution in [2.75, 3.05) is 19.6 Å². The van der Waals surface area contributed by atoms with E-state index in [1.165, 1.54) is 0 Å². The van der Waals surface area contributed by atoms with Crippen molar-refractivity contribution in [3.8, 4) is 0 Å². The highest BCUT2D eigenvalue weighted by atomic mass is 16.7. The molecule has 6 nitrogen and oxygen atoms in total. The normalized spacial score (nSPS) is 20.8. The molecule has 1 rings (SSSR count). The first-order valence-electron chi connectivity index (χ1n) is 4.02. The standard InChI is InChI=1S/C7H11N3O3/c1-8-6-7(11)2-4-9(5-3-7)10(12)13/h11H,2-6H2. The summed E-state index contributed by atoms with van der Waals surface area (Å²) in [5.41, 5.74) is -1.01. The van der Waals surface area contributed by atoms with Crippen LogP contribution in [0.25, 0.3) is 4.85 Å². The van der Waals surface area contributed by atoms with Gasteiger partial charge in [0.05, 0.1) is 13.1 Å². The maximum atomic E-state index is 10.3. The van der Waals surface area contributed by atoms with Crippen molar-refractivity contribution >= 4 is 0 Å². The van der Waals surface area contributed by atoms with Crippen LogP contribution in [0, 0.1) is 16.7 Å². The van der Waals surface area contributed by atoms with Gasteiger partial charge in [0.25, 0.3) is 0 Å². The summed E-state index contributed by atoms with van der Waals surface area (Å²) < 4.78 is 0. The van der Waals surface area contributed by atoms with Crippen LogP contribution in [0.5, 0.6) is 0 Å². The first-order valence-corrected chi connectivity index (χ1v) is 4.02. The molecule has 1 aliphatic heterocycles. The molecule has 0 amide bonds. The van der Waals surface area contributed by atoms with Crippen LogP contribution < -0.4 is 0 Å². The highest BCUT2D eigenvalue weighted by molar-refractivity contribution is 4.90. The molecule has 0 aromatic carbocycles. The second-order valence-electron chi connectivity index (χ2n) is 3.23. The van der Waals surface area contributed by atoms with Crippen molar-refractivity contribution in [3.63, 3.8) is 0 Å². The van der Waals surface area contributed by atoms with Crippen molar-refractivity contribution in [2.45, 2.75) is 18.4 Å². The molecule has 0 aliphatic carbocycles. The lowest BCUT2D eigenvalue weighted by molar-refractivity contribution is -0.659. The van der Waals surface area contributed by atoms with E-state index in [1.807, 2.05) is 0 Å². The van der Waals surface area contributed by atoms with E-state index in [2.05, 4.69) is 4.85 Å². The summed E-state index contributed by atoms with van der Waals surface area (Å²) in [5.74, 6) is 0. The van der Waals surface area contributed by atoms with E-state index in [9.17, 15) is 15.2 Å². The molecule has 0 radical (unpaired) electrons. The third-order valence-electron chi connectivity index (χ3n) is 2.27. The van der Waals surface area contributed by atoms with Gasteiger partial charge in [0, 0.05) is 12.8 Å². The minimum Gasteiger partial charge on any atom is -0.382 e. The lowest BCUT2D eigenvalue weighted by Gasteiger charge is -2.30. The Morgan fingerprint density at radius 3 is 2.54 bits per heavy atom. The van der Waals surface area contributed by atoms with E-state index in [-0.39, 0.29) is 19.6 Å². The number of nitrogens with zero attached hydrogens (tertiary/aromatic N) is 3. The molecule has 0 bridgehead atoms. The van der Waals surface area contributed by atoms with Gasteiger partial charge in [-0.2, -0.15) is 0 Å². The molecule has 1 saturated heterocycles. The zero-order valence-electron chi connectivity index (χ0n) is 7.14. The lowest BCUT2D eigenvalue weighted by atomic mass is 9.92. The molecule has 6 heteroatoms. The lowest BCUT2D eigenvalue weighted by Crippen LogP contribution is -2.47. The number of nitro groups is 1. The fourth-order valence-electron chi connectivity index (χ4n) is 1.38. The fourth-order valence-corrected chi connectivity index (χ4v) is 1.38. The molecule has 0 aromatic heterocycles. The summed E-state index contributed by atoms with van der Waals surface area (Å²) in [6, 6.07) is 0. The molecular formula is C7H11N3O3. The van der Waals surface area contributed by atoms with Crippen molar-refractivity contribution in [1.29, 1.82) is 0 Å². The molecule has 13 heavy (non-hydrogen) atoms. The van der Waals surface area contributed by atoms with Crippen LogP contribution in [0.1, 0.15) is 12.8 Å². The van der Waals surface area contributed by atoms with Crippen LogP contribution >= 0.6 is 0 Å². The minimum atomic E-state index is -1.01. The molecule has 0 spiro atoms. The third kappa shape index (κ3) is 2.29. The average molecular weight is 185 g/mol. The molecule has 1 heterocycles. The van der Waals surface area contributed by atoms with Crippen LogP contribution in [0.15, 0.2) is 0 Å². The number of piperidine rings is 1. The van der Waals surface area contributed by atoms with Gasteiger partial charge in [0.15, 0.2) is 5.03 Å². The second-order valence-corrected chi connectivity index (χ2v) is 3.23. The Balaban J connectivity index is 2.47. The maximum Gasteiger partial charge on any atom is 0.243 e. The predicted octanol–water partition coefficient (Wildman–Crippen LogP) is -0.0757. The summed E-state index contributed by atoms with van der Waals surface area (Å²) >= 11 is 0. The van der Waals surface area contributed by atoms with E-state index in [0.717, 1.165) is 5.01 Å². The van der Waals surface area contributed by atoms with E-state index in [0.29, 0.717) is 12.8 Å². The van der Waals surface area contributed by atoms with Crippen LogP contribution in [-0.2, 0) is 0 Å². The highest BCUT2D eigenvalue weighted by Gasteiger charge is 2.38. The molecular weight excluding hydrogens is 174 g/mol. The monoisotopic (exact) mass is 185 g/mol. The zero-order valence-corrected chi connectivity index (χ0v) is 7.14. The number of aliphatic hydroxyl groups is 1. The predicted molar refractivity (Wildman–Crippen MR) is 44.2 cm³/mol. The van der Waals surface area contributed by atoms with Crippen LogP contribution in [-0.4, -0.2) is 40.4 Å². The first kappa shape index (κ1) is 9.74. The largest absolute Gasteiger partial charge is 0.382 e. The van der Waals surface area contributed by atoms with Gasteiger partial charge < -0.3 is 9.95 Å². The topological polar surface area (TPSA) is 71.0 Å². The molecule has 1 N–H and O–H groups in total. The van der Waals surface area contributed by atoms with Gasteiger partial charge in [-0.05, 0) is 0 Å². The van der Waals surface area contributed by atoms with Gasteiger partial charge in [-0.25, -0.2) is 16.7 Å². The molecule has 1 fully saturated rings. The molecule has 1 aliphatic rings. The third-order valence-corrected chi connectivity index (χ3v) is 2.27. The number of hydrazine groups is 1. The highest BCUT2D eigenvalue weighted by Crippen LogP contribution is 2.22. The smallest absolute Gasteiger partial charge is 0.243 e. The van der Waals surface area contributed by atoms with Gasteiger partial charge in [-0.3, -0.25) is 0 Å². The number of rotatable bonds is 2. The second kappa shape index (κ2) is 3.58. The van der Waals surface area contributed by atoms with Crippen LogP contribution in [0.4, 0.5) is 0 Å². The molecule has 0 saturated carbocycles. The van der Waals surface area contributed by atoms with E-state index in [1.54, 1.807) is 0 Å². The average Bonchev–Trinajstić information content (AvgIpc) is 2.05. The summed E-state index contributed by atoms with van der Waals surface area (Å²) in [7, 11) is 0. The van der Waals surface area contributed by atoms with Crippen molar-refractivity contribution in [2.24, 2.45) is 0 Å². The Bertz CT molecular complexity index is 240. The van der Waals surface area contributed by atoms with Gasteiger partial charge in [0.1, 0.15) is 5.60 Å². The Morgan fingerprint density at radius 1 is 1.62 bits per heavy atom. The van der Waals surface area contributed by atoms with Gasteiger partial charge >= 0.3 is 0 Å². The Hall–Kier alpha value is -1.35. The Kier molecular flexibility index (Phi) is 2.68. The summed E-state index contributed by atoms with van der Waals surface area (Å²) in [4.78, 5) is 13.4. The molecule has 72 valence electrons. The Morgan fingerprint density at radius 2 is 2.15 bits per heavy atom.